The molecule has 152 valence electrons. The van der Waals surface area contributed by atoms with Gasteiger partial charge in [0.2, 0.25) is 11.7 Å². The van der Waals surface area contributed by atoms with Crippen molar-refractivity contribution >= 4 is 22.5 Å². The van der Waals surface area contributed by atoms with Crippen LogP contribution in [0.5, 0.6) is 23.0 Å². The van der Waals surface area contributed by atoms with Gasteiger partial charge in [-0.3, -0.25) is 4.79 Å². The minimum atomic E-state index is -0.564. The number of aromatic amines is 1. The molecule has 0 spiro atoms. The molecule has 2 N–H and O–H groups in total. The van der Waals surface area contributed by atoms with E-state index in [1.807, 2.05) is 24.4 Å². The highest BCUT2D eigenvalue weighted by molar-refractivity contribution is 6.05. The van der Waals surface area contributed by atoms with Crippen LogP contribution in [-0.2, 0) is 10.2 Å². The van der Waals surface area contributed by atoms with Crippen molar-refractivity contribution in [3.8, 4) is 23.0 Å². The van der Waals surface area contributed by atoms with E-state index in [0.29, 0.717) is 22.9 Å². The Kier molecular flexibility index (Phi) is 4.74. The first kappa shape index (κ1) is 19.0. The molecule has 29 heavy (non-hydrogen) atoms. The lowest BCUT2D eigenvalue weighted by Gasteiger charge is -2.18. The number of nitrogens with one attached hydrogen (secondary N) is 2. The number of carbonyl (C=O) groups excluding carboxylic acids is 1. The van der Waals surface area contributed by atoms with Crippen LogP contribution in [0.25, 0.3) is 10.9 Å². The summed E-state index contributed by atoms with van der Waals surface area (Å²) in [5.41, 5.74) is 1.99. The summed E-state index contributed by atoms with van der Waals surface area (Å²) in [5.74, 6) is 2.17. The Labute approximate surface area is 168 Å². The van der Waals surface area contributed by atoms with Gasteiger partial charge in [-0.2, -0.15) is 0 Å². The molecule has 0 aliphatic heterocycles. The molecule has 3 aromatic rings. The molecule has 7 heteroatoms. The standard InChI is InChI=1S/C22H24N2O5/c1-26-14-5-6-17-15(11-14)16(12-23-17)22(7-8-22)21(25)24-13-9-18(27-2)20(29-4)19(10-13)28-3/h5-6,9-12,23H,7-8H2,1-4H3,(H,24,25). The van der Waals surface area contributed by atoms with Crippen LogP contribution in [0.15, 0.2) is 36.5 Å². The summed E-state index contributed by atoms with van der Waals surface area (Å²) in [4.78, 5) is 16.5. The van der Waals surface area contributed by atoms with Crippen LogP contribution in [0, 0.1) is 0 Å². The second-order valence-corrected chi connectivity index (χ2v) is 7.06. The number of amides is 1. The number of rotatable bonds is 7. The normalized spacial score (nSPS) is 14.3. The molecule has 1 saturated carbocycles. The van der Waals surface area contributed by atoms with Crippen molar-refractivity contribution in [3.63, 3.8) is 0 Å². The molecular formula is C22H24N2O5. The van der Waals surface area contributed by atoms with E-state index < -0.39 is 5.41 Å². The summed E-state index contributed by atoms with van der Waals surface area (Å²) >= 11 is 0. The predicted molar refractivity (Wildman–Crippen MR) is 110 cm³/mol. The van der Waals surface area contributed by atoms with Gasteiger partial charge in [-0.15, -0.1) is 0 Å². The molecule has 1 aliphatic rings. The third-order valence-corrected chi connectivity index (χ3v) is 5.51. The van der Waals surface area contributed by atoms with Crippen LogP contribution in [-0.4, -0.2) is 39.3 Å². The zero-order valence-corrected chi connectivity index (χ0v) is 16.9. The smallest absolute Gasteiger partial charge is 0.235 e. The van der Waals surface area contributed by atoms with E-state index in [-0.39, 0.29) is 5.91 Å². The largest absolute Gasteiger partial charge is 0.497 e. The lowest BCUT2D eigenvalue weighted by molar-refractivity contribution is -0.118. The number of hydrogen-bond donors (Lipinski definition) is 2. The second-order valence-electron chi connectivity index (χ2n) is 7.06. The summed E-state index contributed by atoms with van der Waals surface area (Å²) in [6.45, 7) is 0. The highest BCUT2D eigenvalue weighted by atomic mass is 16.5. The number of carbonyl (C=O) groups is 1. The van der Waals surface area contributed by atoms with Gasteiger partial charge in [0.05, 0.1) is 33.9 Å². The zero-order valence-electron chi connectivity index (χ0n) is 16.9. The van der Waals surface area contributed by atoms with Crippen LogP contribution in [0.2, 0.25) is 0 Å². The molecule has 0 radical (unpaired) electrons. The van der Waals surface area contributed by atoms with E-state index >= 15 is 0 Å². The maximum atomic E-state index is 13.3. The van der Waals surface area contributed by atoms with Crippen molar-refractivity contribution in [3.05, 3.63) is 42.1 Å². The van der Waals surface area contributed by atoms with Crippen LogP contribution in [0.1, 0.15) is 18.4 Å². The Hall–Kier alpha value is -3.35. The number of hydrogen-bond acceptors (Lipinski definition) is 5. The fraction of sp³-hybridized carbons (Fsp3) is 0.318. The van der Waals surface area contributed by atoms with Crippen LogP contribution in [0.3, 0.4) is 0 Å². The van der Waals surface area contributed by atoms with E-state index in [1.54, 1.807) is 40.6 Å². The third kappa shape index (κ3) is 3.12. The lowest BCUT2D eigenvalue weighted by Crippen LogP contribution is -2.27. The fourth-order valence-electron chi connectivity index (χ4n) is 3.77. The molecule has 1 amide bonds. The van der Waals surface area contributed by atoms with Crippen molar-refractivity contribution in [1.29, 1.82) is 0 Å². The average Bonchev–Trinajstić information content (AvgIpc) is 3.45. The molecule has 0 saturated heterocycles. The van der Waals surface area contributed by atoms with Gasteiger partial charge >= 0.3 is 0 Å². The molecule has 1 fully saturated rings. The van der Waals surface area contributed by atoms with Crippen molar-refractivity contribution < 1.29 is 23.7 Å². The summed E-state index contributed by atoms with van der Waals surface area (Å²) in [7, 11) is 6.27. The Balaban J connectivity index is 1.67. The van der Waals surface area contributed by atoms with Gasteiger partial charge in [-0.1, -0.05) is 0 Å². The number of aromatic nitrogens is 1. The van der Waals surface area contributed by atoms with Gasteiger partial charge in [0.1, 0.15) is 5.75 Å². The molecule has 7 nitrogen and oxygen atoms in total. The molecule has 2 aromatic carbocycles. The molecule has 1 heterocycles. The average molecular weight is 396 g/mol. The molecule has 4 rings (SSSR count). The van der Waals surface area contributed by atoms with E-state index in [0.717, 1.165) is 35.1 Å². The minimum Gasteiger partial charge on any atom is -0.497 e. The Bertz CT molecular complexity index is 1040. The summed E-state index contributed by atoms with van der Waals surface area (Å²) in [5, 5.41) is 4.03. The van der Waals surface area contributed by atoms with Crippen LogP contribution in [0.4, 0.5) is 5.69 Å². The minimum absolute atomic E-state index is 0.0597. The topological polar surface area (TPSA) is 81.8 Å². The molecule has 0 unspecified atom stereocenters. The molecular weight excluding hydrogens is 372 g/mol. The van der Waals surface area contributed by atoms with Crippen molar-refractivity contribution in [2.24, 2.45) is 0 Å². The first-order chi connectivity index (χ1) is 14.1. The van der Waals surface area contributed by atoms with Gasteiger partial charge in [0.25, 0.3) is 0 Å². The monoisotopic (exact) mass is 396 g/mol. The highest BCUT2D eigenvalue weighted by Crippen LogP contribution is 2.52. The summed E-state index contributed by atoms with van der Waals surface area (Å²) in [6, 6.07) is 9.29. The molecule has 0 atom stereocenters. The number of benzene rings is 2. The van der Waals surface area contributed by atoms with Gasteiger partial charge in [0.15, 0.2) is 11.5 Å². The molecule has 1 aromatic heterocycles. The van der Waals surface area contributed by atoms with E-state index in [4.69, 9.17) is 18.9 Å². The van der Waals surface area contributed by atoms with Crippen LogP contribution < -0.4 is 24.3 Å². The number of H-pyrrole nitrogens is 1. The number of ether oxygens (including phenoxy) is 4. The number of anilines is 1. The highest BCUT2D eigenvalue weighted by Gasteiger charge is 2.52. The maximum absolute atomic E-state index is 13.3. The van der Waals surface area contributed by atoms with E-state index in [9.17, 15) is 4.79 Å². The number of methoxy groups -OCH3 is 4. The Morgan fingerprint density at radius 1 is 0.966 bits per heavy atom. The van der Waals surface area contributed by atoms with Gasteiger partial charge in [-0.05, 0) is 36.6 Å². The number of fused-ring (bicyclic) bond motifs is 1. The Morgan fingerprint density at radius 3 is 2.21 bits per heavy atom. The summed E-state index contributed by atoms with van der Waals surface area (Å²) in [6.07, 6.45) is 3.49. The third-order valence-electron chi connectivity index (χ3n) is 5.51. The van der Waals surface area contributed by atoms with E-state index in [2.05, 4.69) is 10.3 Å². The van der Waals surface area contributed by atoms with Gasteiger partial charge in [-0.25, -0.2) is 0 Å². The SMILES string of the molecule is COc1ccc2[nH]cc(C3(C(=O)Nc4cc(OC)c(OC)c(OC)c4)CC3)c2c1. The molecule has 0 bridgehead atoms. The zero-order chi connectivity index (χ0) is 20.6. The predicted octanol–water partition coefficient (Wildman–Crippen LogP) is 3.87. The fourth-order valence-corrected chi connectivity index (χ4v) is 3.77. The van der Waals surface area contributed by atoms with Crippen molar-refractivity contribution in [2.45, 2.75) is 18.3 Å². The molecule has 1 aliphatic carbocycles. The maximum Gasteiger partial charge on any atom is 0.235 e. The first-order valence-corrected chi connectivity index (χ1v) is 9.33. The first-order valence-electron chi connectivity index (χ1n) is 9.33. The van der Waals surface area contributed by atoms with E-state index in [1.165, 1.54) is 0 Å². The van der Waals surface area contributed by atoms with Gasteiger partial charge < -0.3 is 29.2 Å². The quantitative estimate of drug-likeness (QED) is 0.634. The van der Waals surface area contributed by atoms with Gasteiger partial charge in [0, 0.05) is 34.9 Å². The summed E-state index contributed by atoms with van der Waals surface area (Å²) < 4.78 is 21.5. The lowest BCUT2D eigenvalue weighted by atomic mass is 9.94. The van der Waals surface area contributed by atoms with Crippen molar-refractivity contribution in [1.82, 2.24) is 4.98 Å². The van der Waals surface area contributed by atoms with Crippen molar-refractivity contribution in [2.75, 3.05) is 33.8 Å². The van der Waals surface area contributed by atoms with Crippen LogP contribution >= 0.6 is 0 Å². The second kappa shape index (κ2) is 7.24. The Morgan fingerprint density at radius 2 is 1.66 bits per heavy atom.